The summed E-state index contributed by atoms with van der Waals surface area (Å²) in [5.41, 5.74) is 4.32. The first-order valence-electron chi connectivity index (χ1n) is 8.40. The molecule has 1 aliphatic rings. The number of nitrogens with zero attached hydrogens (tertiary/aromatic N) is 4. The number of nitrogens with one attached hydrogen (secondary N) is 1. The molecule has 4 rings (SSSR count). The molecule has 1 aliphatic heterocycles. The van der Waals surface area contributed by atoms with Gasteiger partial charge >= 0.3 is 0 Å². The van der Waals surface area contributed by atoms with Crippen LogP contribution in [0.4, 0.5) is 5.82 Å². The van der Waals surface area contributed by atoms with Gasteiger partial charge in [0.25, 0.3) is 5.91 Å². The maximum Gasteiger partial charge on any atom is 0.254 e. The lowest BCUT2D eigenvalue weighted by Crippen LogP contribution is -2.23. The second-order valence-corrected chi connectivity index (χ2v) is 6.31. The van der Waals surface area contributed by atoms with Gasteiger partial charge in [-0.1, -0.05) is 36.4 Å². The first kappa shape index (κ1) is 16.1. The summed E-state index contributed by atoms with van der Waals surface area (Å²) in [5, 5.41) is 7.63. The molecule has 0 saturated heterocycles. The Labute approximate surface area is 151 Å². The smallest absolute Gasteiger partial charge is 0.254 e. The summed E-state index contributed by atoms with van der Waals surface area (Å²) in [6.07, 6.45) is 3.49. The first-order valence-corrected chi connectivity index (χ1v) is 8.40. The highest BCUT2D eigenvalue weighted by atomic mass is 16.2. The minimum atomic E-state index is -0.0445. The highest BCUT2D eigenvalue weighted by Crippen LogP contribution is 2.34. The Morgan fingerprint density at radius 1 is 1.12 bits per heavy atom. The topological polar surface area (TPSA) is 62.5 Å². The molecule has 130 valence electrons. The summed E-state index contributed by atoms with van der Waals surface area (Å²) in [5.74, 6) is 0.743. The van der Waals surface area contributed by atoms with Crippen LogP contribution in [0.5, 0.6) is 0 Å². The Morgan fingerprint density at radius 3 is 2.69 bits per heavy atom. The Bertz CT molecular complexity index is 989. The molecule has 0 radical (unpaired) electrons. The molecule has 0 atom stereocenters. The number of carbonyl (C=O) groups is 1. The fraction of sp³-hybridized carbons (Fsp3) is 0.150. The van der Waals surface area contributed by atoms with E-state index < -0.39 is 0 Å². The van der Waals surface area contributed by atoms with Gasteiger partial charge in [-0.05, 0) is 17.7 Å². The van der Waals surface area contributed by atoms with E-state index in [9.17, 15) is 4.79 Å². The van der Waals surface area contributed by atoms with Crippen LogP contribution in [-0.4, -0.2) is 41.0 Å². The fourth-order valence-corrected chi connectivity index (χ4v) is 3.12. The van der Waals surface area contributed by atoms with E-state index in [1.165, 1.54) is 0 Å². The van der Waals surface area contributed by atoms with E-state index in [2.05, 4.69) is 15.4 Å². The Morgan fingerprint density at radius 2 is 1.92 bits per heavy atom. The van der Waals surface area contributed by atoms with Gasteiger partial charge in [0.1, 0.15) is 0 Å². The van der Waals surface area contributed by atoms with Crippen molar-refractivity contribution in [3.63, 3.8) is 0 Å². The molecule has 0 bridgehead atoms. The quantitative estimate of drug-likeness (QED) is 0.794. The Hall–Kier alpha value is -3.41. The van der Waals surface area contributed by atoms with Crippen molar-refractivity contribution in [1.29, 1.82) is 0 Å². The molecule has 0 spiro atoms. The molecular formula is C20H19N5O. The van der Waals surface area contributed by atoms with Gasteiger partial charge in [0.05, 0.1) is 18.2 Å². The minimum Gasteiger partial charge on any atom is -0.372 e. The minimum absolute atomic E-state index is 0.0445. The standard InChI is InChI=1S/C20H19N5O/c1-24(2)20(26)16-9-6-10-17(18(16)14-7-4-3-5-8-14)25-19-15(12-23-25)11-21-13-22-19/h3-10,12-13H,11H2,1-2H3,(H,21,22). The molecule has 0 unspecified atom stereocenters. The molecule has 6 heteroatoms. The van der Waals surface area contributed by atoms with Crippen LogP contribution in [0.2, 0.25) is 0 Å². The lowest BCUT2D eigenvalue weighted by molar-refractivity contribution is 0.0828. The largest absolute Gasteiger partial charge is 0.372 e. The van der Waals surface area contributed by atoms with E-state index in [1.807, 2.05) is 54.7 Å². The maximum atomic E-state index is 12.8. The summed E-state index contributed by atoms with van der Waals surface area (Å²) < 4.78 is 1.81. The van der Waals surface area contributed by atoms with Crippen molar-refractivity contribution < 1.29 is 4.79 Å². The van der Waals surface area contributed by atoms with Crippen molar-refractivity contribution in [3.05, 3.63) is 65.9 Å². The van der Waals surface area contributed by atoms with E-state index in [-0.39, 0.29) is 5.91 Å². The van der Waals surface area contributed by atoms with E-state index in [0.29, 0.717) is 12.1 Å². The lowest BCUT2D eigenvalue weighted by Gasteiger charge is -2.19. The number of aliphatic imine (C=N–C) groups is 1. The molecule has 3 aromatic rings. The maximum absolute atomic E-state index is 12.8. The van der Waals surface area contributed by atoms with Gasteiger partial charge in [-0.15, -0.1) is 0 Å². The van der Waals surface area contributed by atoms with Crippen molar-refractivity contribution in [2.45, 2.75) is 6.54 Å². The number of rotatable bonds is 3. The highest BCUT2D eigenvalue weighted by Gasteiger charge is 2.22. The van der Waals surface area contributed by atoms with Crippen molar-refractivity contribution >= 4 is 18.1 Å². The van der Waals surface area contributed by atoms with Gasteiger partial charge in [0, 0.05) is 37.3 Å². The van der Waals surface area contributed by atoms with Crippen LogP contribution in [0.25, 0.3) is 16.8 Å². The third kappa shape index (κ3) is 2.65. The van der Waals surface area contributed by atoms with Crippen molar-refractivity contribution in [3.8, 4) is 16.8 Å². The summed E-state index contributed by atoms with van der Waals surface area (Å²) in [4.78, 5) is 18.8. The third-order valence-electron chi connectivity index (χ3n) is 4.36. The molecule has 1 amide bonds. The SMILES string of the molecule is CN(C)C(=O)c1cccc(-n2ncc3c2N=CNC3)c1-c1ccccc1. The van der Waals surface area contributed by atoms with Gasteiger partial charge < -0.3 is 10.2 Å². The number of carbonyl (C=O) groups excluding carboxylic acids is 1. The van der Waals surface area contributed by atoms with Crippen LogP contribution in [0.15, 0.2) is 59.7 Å². The molecule has 2 aromatic carbocycles. The van der Waals surface area contributed by atoms with Crippen LogP contribution in [0.3, 0.4) is 0 Å². The van der Waals surface area contributed by atoms with E-state index in [0.717, 1.165) is 28.2 Å². The number of hydrogen-bond acceptors (Lipinski definition) is 4. The monoisotopic (exact) mass is 345 g/mol. The van der Waals surface area contributed by atoms with Gasteiger partial charge in [-0.25, -0.2) is 9.67 Å². The number of aromatic nitrogens is 2. The van der Waals surface area contributed by atoms with E-state index in [4.69, 9.17) is 0 Å². The lowest BCUT2D eigenvalue weighted by atomic mass is 9.96. The summed E-state index contributed by atoms with van der Waals surface area (Å²) in [6, 6.07) is 15.6. The predicted molar refractivity (Wildman–Crippen MR) is 102 cm³/mol. The molecule has 0 saturated carbocycles. The molecule has 1 N–H and O–H groups in total. The normalized spacial score (nSPS) is 12.4. The van der Waals surface area contributed by atoms with Crippen LogP contribution in [-0.2, 0) is 6.54 Å². The van der Waals surface area contributed by atoms with Gasteiger partial charge in [0.15, 0.2) is 5.82 Å². The zero-order valence-corrected chi connectivity index (χ0v) is 14.7. The number of benzene rings is 2. The summed E-state index contributed by atoms with van der Waals surface area (Å²) >= 11 is 0. The van der Waals surface area contributed by atoms with Crippen molar-refractivity contribution in [2.75, 3.05) is 14.1 Å². The molecule has 1 aromatic heterocycles. The molecule has 0 aliphatic carbocycles. The van der Waals surface area contributed by atoms with Gasteiger partial charge in [-0.3, -0.25) is 4.79 Å². The van der Waals surface area contributed by atoms with Crippen LogP contribution < -0.4 is 5.32 Å². The average Bonchev–Trinajstić information content (AvgIpc) is 3.11. The average molecular weight is 345 g/mol. The molecule has 0 fully saturated rings. The fourth-order valence-electron chi connectivity index (χ4n) is 3.12. The summed E-state index contributed by atoms with van der Waals surface area (Å²) in [7, 11) is 3.52. The highest BCUT2D eigenvalue weighted by molar-refractivity contribution is 6.02. The third-order valence-corrected chi connectivity index (χ3v) is 4.36. The Kier molecular flexibility index (Phi) is 4.01. The second-order valence-electron chi connectivity index (χ2n) is 6.31. The number of fused-ring (bicyclic) bond motifs is 1. The van der Waals surface area contributed by atoms with Gasteiger partial charge in [0.2, 0.25) is 0 Å². The van der Waals surface area contributed by atoms with Crippen molar-refractivity contribution in [2.24, 2.45) is 4.99 Å². The van der Waals surface area contributed by atoms with Crippen LogP contribution >= 0.6 is 0 Å². The van der Waals surface area contributed by atoms with E-state index in [1.54, 1.807) is 30.0 Å². The van der Waals surface area contributed by atoms with Gasteiger partial charge in [-0.2, -0.15) is 5.10 Å². The first-order chi connectivity index (χ1) is 12.7. The zero-order valence-electron chi connectivity index (χ0n) is 14.7. The zero-order chi connectivity index (χ0) is 18.1. The summed E-state index contributed by atoms with van der Waals surface area (Å²) in [6.45, 7) is 0.690. The number of amides is 1. The predicted octanol–water partition coefficient (Wildman–Crippen LogP) is 3.00. The second kappa shape index (κ2) is 6.48. The van der Waals surface area contributed by atoms with Crippen LogP contribution in [0.1, 0.15) is 15.9 Å². The molecule has 6 nitrogen and oxygen atoms in total. The Balaban J connectivity index is 1.99. The number of hydrogen-bond donors (Lipinski definition) is 1. The van der Waals surface area contributed by atoms with Crippen LogP contribution in [0, 0.1) is 0 Å². The molecule has 26 heavy (non-hydrogen) atoms. The molecule has 2 heterocycles. The van der Waals surface area contributed by atoms with Crippen molar-refractivity contribution in [1.82, 2.24) is 20.0 Å². The molecular weight excluding hydrogens is 326 g/mol. The van der Waals surface area contributed by atoms with E-state index >= 15 is 0 Å².